The van der Waals surface area contributed by atoms with Gasteiger partial charge in [-0.3, -0.25) is 4.40 Å². The summed E-state index contributed by atoms with van der Waals surface area (Å²) in [5.74, 6) is 0.954. The Balaban J connectivity index is 1.83. The predicted octanol–water partition coefficient (Wildman–Crippen LogP) is 5.58. The molecule has 0 spiro atoms. The Bertz CT molecular complexity index is 1020. The van der Waals surface area contributed by atoms with Gasteiger partial charge in [-0.1, -0.05) is 66.2 Å². The Morgan fingerprint density at radius 1 is 0.960 bits per heavy atom. The zero-order valence-corrected chi connectivity index (χ0v) is 14.7. The summed E-state index contributed by atoms with van der Waals surface area (Å²) in [6.45, 7) is 2.83. The fraction of sp³-hybridized carbons (Fsp3) is 0.0952. The van der Waals surface area contributed by atoms with Crippen LogP contribution in [-0.2, 0) is 6.54 Å². The minimum atomic E-state index is 0.684. The van der Waals surface area contributed by atoms with E-state index in [0.717, 1.165) is 29.3 Å². The molecule has 0 fully saturated rings. The lowest BCUT2D eigenvalue weighted by molar-refractivity contribution is 1.08. The molecule has 4 heteroatoms. The molecule has 0 saturated heterocycles. The van der Waals surface area contributed by atoms with Gasteiger partial charge in [0.2, 0.25) is 0 Å². The number of rotatable bonds is 4. The molecule has 2 aromatic carbocycles. The summed E-state index contributed by atoms with van der Waals surface area (Å²) in [6, 6.07) is 22.4. The first-order chi connectivity index (χ1) is 12.2. The van der Waals surface area contributed by atoms with Crippen LogP contribution in [0.25, 0.3) is 16.9 Å². The number of halogens is 1. The molecule has 0 amide bonds. The third kappa shape index (κ3) is 3.11. The molecule has 0 radical (unpaired) electrons. The topological polar surface area (TPSA) is 29.3 Å². The van der Waals surface area contributed by atoms with E-state index in [9.17, 15) is 0 Å². The van der Waals surface area contributed by atoms with E-state index in [-0.39, 0.29) is 0 Å². The Morgan fingerprint density at radius 2 is 1.72 bits per heavy atom. The maximum absolute atomic E-state index is 6.22. The van der Waals surface area contributed by atoms with E-state index in [1.807, 2.05) is 53.1 Å². The van der Waals surface area contributed by atoms with Gasteiger partial charge in [-0.15, -0.1) is 0 Å². The number of anilines is 1. The summed E-state index contributed by atoms with van der Waals surface area (Å²) in [5.41, 5.74) is 5.35. The zero-order chi connectivity index (χ0) is 17.2. The van der Waals surface area contributed by atoms with E-state index < -0.39 is 0 Å². The molecular weight excluding hydrogens is 330 g/mol. The van der Waals surface area contributed by atoms with Crippen LogP contribution in [0.5, 0.6) is 0 Å². The van der Waals surface area contributed by atoms with Crippen LogP contribution in [0.1, 0.15) is 11.1 Å². The second-order valence-electron chi connectivity index (χ2n) is 6.04. The van der Waals surface area contributed by atoms with Crippen molar-refractivity contribution in [3.05, 3.63) is 89.1 Å². The van der Waals surface area contributed by atoms with E-state index in [1.165, 1.54) is 11.1 Å². The predicted molar refractivity (Wildman–Crippen MR) is 104 cm³/mol. The molecule has 0 aliphatic rings. The highest BCUT2D eigenvalue weighted by Gasteiger charge is 2.15. The standard InChI is InChI=1S/C21H18ClN3/c1-15-7-5-6-10-18(15)20-21(23-13-16-8-3-2-4-9-16)25-14-17(22)11-12-19(25)24-20/h2-12,14,23H,13H2,1H3. The van der Waals surface area contributed by atoms with Crippen LogP contribution in [0.15, 0.2) is 72.9 Å². The van der Waals surface area contributed by atoms with Crippen molar-refractivity contribution in [1.29, 1.82) is 0 Å². The molecule has 4 aromatic rings. The van der Waals surface area contributed by atoms with Crippen molar-refractivity contribution >= 4 is 23.1 Å². The van der Waals surface area contributed by atoms with Gasteiger partial charge in [0.05, 0.1) is 5.02 Å². The smallest absolute Gasteiger partial charge is 0.139 e. The minimum Gasteiger partial charge on any atom is -0.365 e. The second kappa shape index (κ2) is 6.61. The molecule has 0 bridgehead atoms. The Morgan fingerprint density at radius 3 is 2.52 bits per heavy atom. The van der Waals surface area contributed by atoms with E-state index in [1.54, 1.807) is 0 Å². The van der Waals surface area contributed by atoms with Crippen LogP contribution in [0, 0.1) is 6.92 Å². The number of benzene rings is 2. The monoisotopic (exact) mass is 347 g/mol. The van der Waals surface area contributed by atoms with Gasteiger partial charge in [-0.2, -0.15) is 0 Å². The van der Waals surface area contributed by atoms with Crippen LogP contribution in [0.3, 0.4) is 0 Å². The molecule has 124 valence electrons. The lowest BCUT2D eigenvalue weighted by Gasteiger charge is -2.10. The van der Waals surface area contributed by atoms with Gasteiger partial charge in [0.25, 0.3) is 0 Å². The van der Waals surface area contributed by atoms with Crippen LogP contribution >= 0.6 is 11.6 Å². The summed E-state index contributed by atoms with van der Waals surface area (Å²) >= 11 is 6.22. The minimum absolute atomic E-state index is 0.684. The fourth-order valence-corrected chi connectivity index (χ4v) is 3.16. The van der Waals surface area contributed by atoms with Crippen LogP contribution in [-0.4, -0.2) is 9.38 Å². The summed E-state index contributed by atoms with van der Waals surface area (Å²) in [4.78, 5) is 4.84. The van der Waals surface area contributed by atoms with Crippen molar-refractivity contribution in [1.82, 2.24) is 9.38 Å². The van der Waals surface area contributed by atoms with Crippen molar-refractivity contribution in [2.75, 3.05) is 5.32 Å². The first-order valence-electron chi connectivity index (χ1n) is 8.24. The largest absolute Gasteiger partial charge is 0.365 e. The number of nitrogens with one attached hydrogen (secondary N) is 1. The lowest BCUT2D eigenvalue weighted by atomic mass is 10.1. The van der Waals surface area contributed by atoms with Gasteiger partial charge >= 0.3 is 0 Å². The highest BCUT2D eigenvalue weighted by atomic mass is 35.5. The van der Waals surface area contributed by atoms with Crippen molar-refractivity contribution in [3.63, 3.8) is 0 Å². The third-order valence-electron chi connectivity index (χ3n) is 4.29. The molecule has 0 aliphatic carbocycles. The van der Waals surface area contributed by atoms with E-state index in [0.29, 0.717) is 5.02 Å². The Hall–Kier alpha value is -2.78. The third-order valence-corrected chi connectivity index (χ3v) is 4.51. The summed E-state index contributed by atoms with van der Waals surface area (Å²) in [5, 5.41) is 4.23. The number of hydrogen-bond donors (Lipinski definition) is 1. The van der Waals surface area contributed by atoms with Gasteiger partial charge in [0, 0.05) is 18.3 Å². The van der Waals surface area contributed by atoms with Crippen molar-refractivity contribution < 1.29 is 0 Å². The molecule has 2 heterocycles. The van der Waals surface area contributed by atoms with Crippen LogP contribution in [0.4, 0.5) is 5.82 Å². The highest BCUT2D eigenvalue weighted by molar-refractivity contribution is 6.30. The Kier molecular flexibility index (Phi) is 4.16. The SMILES string of the molecule is Cc1ccccc1-c1nc2ccc(Cl)cn2c1NCc1ccccc1. The number of aryl methyl sites for hydroxylation is 1. The summed E-state index contributed by atoms with van der Waals surface area (Å²) in [7, 11) is 0. The number of imidazole rings is 1. The molecule has 25 heavy (non-hydrogen) atoms. The number of pyridine rings is 1. The molecule has 3 nitrogen and oxygen atoms in total. The first-order valence-corrected chi connectivity index (χ1v) is 8.61. The van der Waals surface area contributed by atoms with Gasteiger partial charge in [0.1, 0.15) is 17.2 Å². The van der Waals surface area contributed by atoms with Crippen molar-refractivity contribution in [2.45, 2.75) is 13.5 Å². The van der Waals surface area contributed by atoms with E-state index >= 15 is 0 Å². The summed E-state index contributed by atoms with van der Waals surface area (Å²) in [6.07, 6.45) is 1.90. The normalized spacial score (nSPS) is 11.0. The van der Waals surface area contributed by atoms with Gasteiger partial charge in [-0.25, -0.2) is 4.98 Å². The van der Waals surface area contributed by atoms with Crippen LogP contribution in [0.2, 0.25) is 5.02 Å². The molecule has 4 rings (SSSR count). The molecule has 0 atom stereocenters. The van der Waals surface area contributed by atoms with Gasteiger partial charge < -0.3 is 5.32 Å². The average molecular weight is 348 g/mol. The van der Waals surface area contributed by atoms with Gasteiger partial charge in [0.15, 0.2) is 0 Å². The quantitative estimate of drug-likeness (QED) is 0.522. The molecule has 2 aromatic heterocycles. The Labute approximate surface area is 151 Å². The summed E-state index contributed by atoms with van der Waals surface area (Å²) < 4.78 is 2.02. The van der Waals surface area contributed by atoms with Gasteiger partial charge in [-0.05, 0) is 30.2 Å². The van der Waals surface area contributed by atoms with E-state index in [4.69, 9.17) is 16.6 Å². The first kappa shape index (κ1) is 15.7. The molecular formula is C21H18ClN3. The lowest BCUT2D eigenvalue weighted by Crippen LogP contribution is -2.03. The zero-order valence-electron chi connectivity index (χ0n) is 13.9. The van der Waals surface area contributed by atoms with Crippen molar-refractivity contribution in [2.24, 2.45) is 0 Å². The number of aromatic nitrogens is 2. The fourth-order valence-electron chi connectivity index (χ4n) is 3.00. The number of hydrogen-bond acceptors (Lipinski definition) is 2. The second-order valence-corrected chi connectivity index (χ2v) is 6.48. The van der Waals surface area contributed by atoms with Crippen molar-refractivity contribution in [3.8, 4) is 11.3 Å². The number of fused-ring (bicyclic) bond motifs is 1. The molecule has 0 aliphatic heterocycles. The van der Waals surface area contributed by atoms with E-state index in [2.05, 4.69) is 36.5 Å². The maximum atomic E-state index is 6.22. The molecule has 1 N–H and O–H groups in total. The molecule has 0 saturated carbocycles. The molecule has 0 unspecified atom stereocenters. The average Bonchev–Trinajstić information content (AvgIpc) is 2.99. The highest BCUT2D eigenvalue weighted by Crippen LogP contribution is 2.32. The maximum Gasteiger partial charge on any atom is 0.139 e. The van der Waals surface area contributed by atoms with Crippen LogP contribution < -0.4 is 5.32 Å². The number of nitrogens with zero attached hydrogens (tertiary/aromatic N) is 2.